The molecular formula is C15H17FN4O. The minimum Gasteiger partial charge on any atom is -0.353 e. The Morgan fingerprint density at radius 2 is 2.14 bits per heavy atom. The second-order valence-electron chi connectivity index (χ2n) is 5.98. The van der Waals surface area contributed by atoms with E-state index < -0.39 is 5.82 Å². The number of nitrogens with two attached hydrogens (primary N) is 1. The molecule has 0 bridgehead atoms. The van der Waals surface area contributed by atoms with E-state index in [-0.39, 0.29) is 11.5 Å². The van der Waals surface area contributed by atoms with Gasteiger partial charge in [-0.1, -0.05) is 0 Å². The van der Waals surface area contributed by atoms with E-state index in [2.05, 4.69) is 4.98 Å². The molecule has 4 rings (SSSR count). The maximum Gasteiger partial charge on any atom is 0.191 e. The Morgan fingerprint density at radius 3 is 2.81 bits per heavy atom. The van der Waals surface area contributed by atoms with E-state index in [1.165, 1.54) is 12.1 Å². The van der Waals surface area contributed by atoms with Crippen molar-refractivity contribution < 1.29 is 4.39 Å². The van der Waals surface area contributed by atoms with Crippen molar-refractivity contribution in [3.05, 3.63) is 34.4 Å². The molecule has 5 nitrogen and oxygen atoms in total. The fraction of sp³-hybridized carbons (Fsp3) is 0.467. The van der Waals surface area contributed by atoms with Crippen LogP contribution in [0.1, 0.15) is 25.3 Å². The predicted molar refractivity (Wildman–Crippen MR) is 79.0 cm³/mol. The monoisotopic (exact) mass is 288 g/mol. The fourth-order valence-corrected chi connectivity index (χ4v) is 3.01. The van der Waals surface area contributed by atoms with Crippen LogP contribution in [0.5, 0.6) is 0 Å². The summed E-state index contributed by atoms with van der Waals surface area (Å²) in [7, 11) is 0. The van der Waals surface area contributed by atoms with Gasteiger partial charge >= 0.3 is 0 Å². The molecule has 1 unspecified atom stereocenters. The van der Waals surface area contributed by atoms with Gasteiger partial charge in [-0.3, -0.25) is 4.79 Å². The normalized spacial score (nSPS) is 22.2. The lowest BCUT2D eigenvalue weighted by atomic mass is 10.2. The summed E-state index contributed by atoms with van der Waals surface area (Å²) in [6.45, 7) is 1.31. The van der Waals surface area contributed by atoms with Gasteiger partial charge in [0.1, 0.15) is 5.65 Å². The minimum atomic E-state index is -0.442. The minimum absolute atomic E-state index is 0.0586. The molecule has 2 aromatic heterocycles. The smallest absolute Gasteiger partial charge is 0.191 e. The topological polar surface area (TPSA) is 64.2 Å². The SMILES string of the molecule is NC1CCN(c2nc3c(cc2F)c(=O)ccn3C2CC2)C1. The summed E-state index contributed by atoms with van der Waals surface area (Å²) in [6, 6.07) is 3.26. The molecule has 0 spiro atoms. The van der Waals surface area contributed by atoms with Crippen LogP contribution in [-0.4, -0.2) is 28.7 Å². The number of pyridine rings is 2. The molecule has 2 N–H and O–H groups in total. The lowest BCUT2D eigenvalue weighted by Crippen LogP contribution is -2.28. The zero-order valence-electron chi connectivity index (χ0n) is 11.6. The van der Waals surface area contributed by atoms with Gasteiger partial charge in [0, 0.05) is 37.4 Å². The molecule has 1 saturated carbocycles. The van der Waals surface area contributed by atoms with E-state index >= 15 is 0 Å². The first-order valence-electron chi connectivity index (χ1n) is 7.35. The molecule has 2 fully saturated rings. The third kappa shape index (κ3) is 2.10. The molecule has 0 amide bonds. The van der Waals surface area contributed by atoms with Crippen molar-refractivity contribution >= 4 is 16.9 Å². The van der Waals surface area contributed by atoms with Crippen LogP contribution >= 0.6 is 0 Å². The van der Waals surface area contributed by atoms with Gasteiger partial charge in [-0.25, -0.2) is 9.37 Å². The highest BCUT2D eigenvalue weighted by Crippen LogP contribution is 2.36. The lowest BCUT2D eigenvalue weighted by Gasteiger charge is -2.19. The third-order valence-electron chi connectivity index (χ3n) is 4.30. The fourth-order valence-electron chi connectivity index (χ4n) is 3.01. The molecule has 2 aromatic rings. The van der Waals surface area contributed by atoms with Crippen LogP contribution in [0.15, 0.2) is 23.1 Å². The van der Waals surface area contributed by atoms with Crippen LogP contribution in [0.2, 0.25) is 0 Å². The van der Waals surface area contributed by atoms with Crippen molar-refractivity contribution in [2.24, 2.45) is 5.73 Å². The Kier molecular flexibility index (Phi) is 2.75. The van der Waals surface area contributed by atoms with Crippen molar-refractivity contribution in [3.63, 3.8) is 0 Å². The van der Waals surface area contributed by atoms with Crippen LogP contribution < -0.4 is 16.1 Å². The van der Waals surface area contributed by atoms with Crippen molar-refractivity contribution in [2.75, 3.05) is 18.0 Å². The molecule has 1 aliphatic heterocycles. The predicted octanol–water partition coefficient (Wildman–Crippen LogP) is 1.41. The molecule has 21 heavy (non-hydrogen) atoms. The highest BCUT2D eigenvalue weighted by Gasteiger charge is 2.27. The zero-order chi connectivity index (χ0) is 14.6. The number of halogens is 1. The summed E-state index contributed by atoms with van der Waals surface area (Å²) in [5.74, 6) is -0.127. The highest BCUT2D eigenvalue weighted by molar-refractivity contribution is 5.77. The second-order valence-corrected chi connectivity index (χ2v) is 5.98. The standard InChI is InChI=1S/C15H17FN4O/c16-12-7-11-13(21)4-6-20(10-1-2-10)14(11)18-15(12)19-5-3-9(17)8-19/h4,6-7,9-10H,1-3,5,8,17H2. The van der Waals surface area contributed by atoms with Crippen LogP contribution in [0.4, 0.5) is 10.2 Å². The molecule has 1 saturated heterocycles. The number of rotatable bonds is 2. The van der Waals surface area contributed by atoms with Gasteiger partial charge in [0.05, 0.1) is 5.39 Å². The Labute approximate surface area is 121 Å². The molecule has 0 aromatic carbocycles. The summed E-state index contributed by atoms with van der Waals surface area (Å²) < 4.78 is 16.3. The molecule has 1 atom stereocenters. The number of anilines is 1. The number of aromatic nitrogens is 2. The summed E-state index contributed by atoms with van der Waals surface area (Å²) in [6.07, 6.45) is 4.78. The molecule has 6 heteroatoms. The second kappa shape index (κ2) is 4.53. The van der Waals surface area contributed by atoms with Gasteiger partial charge in [0.25, 0.3) is 0 Å². The first-order valence-corrected chi connectivity index (χ1v) is 7.35. The van der Waals surface area contributed by atoms with Gasteiger partial charge in [-0.05, 0) is 25.3 Å². The molecule has 0 radical (unpaired) electrons. The average Bonchev–Trinajstić information content (AvgIpc) is 3.21. The summed E-state index contributed by atoms with van der Waals surface area (Å²) in [5.41, 5.74) is 6.29. The Morgan fingerprint density at radius 1 is 1.33 bits per heavy atom. The van der Waals surface area contributed by atoms with Gasteiger partial charge in [-0.15, -0.1) is 0 Å². The quantitative estimate of drug-likeness (QED) is 0.907. The van der Waals surface area contributed by atoms with Gasteiger partial charge in [-0.2, -0.15) is 0 Å². The molecular weight excluding hydrogens is 271 g/mol. The van der Waals surface area contributed by atoms with E-state index in [1.54, 1.807) is 6.20 Å². The van der Waals surface area contributed by atoms with Crippen molar-refractivity contribution in [1.29, 1.82) is 0 Å². The largest absolute Gasteiger partial charge is 0.353 e. The molecule has 3 heterocycles. The van der Waals surface area contributed by atoms with Crippen molar-refractivity contribution in [2.45, 2.75) is 31.3 Å². The van der Waals surface area contributed by atoms with Crippen LogP contribution in [-0.2, 0) is 0 Å². The van der Waals surface area contributed by atoms with Gasteiger partial charge in [0.15, 0.2) is 17.1 Å². The first-order chi connectivity index (χ1) is 10.1. The molecule has 2 aliphatic rings. The maximum absolute atomic E-state index is 14.3. The number of hydrogen-bond acceptors (Lipinski definition) is 4. The van der Waals surface area contributed by atoms with E-state index in [0.717, 1.165) is 19.3 Å². The number of nitrogens with zero attached hydrogens (tertiary/aromatic N) is 3. The summed E-state index contributed by atoms with van der Waals surface area (Å²) >= 11 is 0. The summed E-state index contributed by atoms with van der Waals surface area (Å²) in [5, 5.41) is 0.356. The van der Waals surface area contributed by atoms with Gasteiger partial charge in [0.2, 0.25) is 0 Å². The third-order valence-corrected chi connectivity index (χ3v) is 4.30. The Hall–Kier alpha value is -1.95. The first kappa shape index (κ1) is 12.8. The van der Waals surface area contributed by atoms with Gasteiger partial charge < -0.3 is 15.2 Å². The van der Waals surface area contributed by atoms with Crippen molar-refractivity contribution in [3.8, 4) is 0 Å². The Balaban J connectivity index is 1.90. The van der Waals surface area contributed by atoms with Crippen LogP contribution in [0.3, 0.4) is 0 Å². The van der Waals surface area contributed by atoms with E-state index in [1.807, 2.05) is 9.47 Å². The van der Waals surface area contributed by atoms with Crippen LogP contribution in [0, 0.1) is 5.82 Å². The highest BCUT2D eigenvalue weighted by atomic mass is 19.1. The van der Waals surface area contributed by atoms with Crippen molar-refractivity contribution in [1.82, 2.24) is 9.55 Å². The zero-order valence-corrected chi connectivity index (χ0v) is 11.6. The number of fused-ring (bicyclic) bond motifs is 1. The summed E-state index contributed by atoms with van der Waals surface area (Å²) in [4.78, 5) is 18.3. The van der Waals surface area contributed by atoms with E-state index in [9.17, 15) is 9.18 Å². The maximum atomic E-state index is 14.3. The number of hydrogen-bond donors (Lipinski definition) is 1. The lowest BCUT2D eigenvalue weighted by molar-refractivity contribution is 0.616. The van der Waals surface area contributed by atoms with Crippen LogP contribution in [0.25, 0.3) is 11.0 Å². The van der Waals surface area contributed by atoms with E-state index in [0.29, 0.717) is 36.0 Å². The van der Waals surface area contributed by atoms with E-state index in [4.69, 9.17) is 5.73 Å². The average molecular weight is 288 g/mol. The molecule has 1 aliphatic carbocycles. The Bertz CT molecular complexity index is 768. The molecule has 110 valence electrons.